The van der Waals surface area contributed by atoms with Crippen molar-refractivity contribution >= 4 is 28.7 Å². The first-order valence-electron chi connectivity index (χ1n) is 5.74. The van der Waals surface area contributed by atoms with Crippen LogP contribution in [0.1, 0.15) is 21.1 Å². The molecule has 0 amide bonds. The van der Waals surface area contributed by atoms with Gasteiger partial charge in [0.15, 0.2) is 5.82 Å². The Hall–Kier alpha value is -2.55. The normalized spacial score (nSPS) is 10.4. The van der Waals surface area contributed by atoms with Crippen molar-refractivity contribution in [2.75, 3.05) is 5.32 Å². The number of carboxylic acids is 1. The van der Waals surface area contributed by atoms with Crippen molar-refractivity contribution in [2.45, 2.75) is 13.5 Å². The number of carbonyl (C=O) groups is 1. The highest BCUT2D eigenvalue weighted by Gasteiger charge is 2.23. The summed E-state index contributed by atoms with van der Waals surface area (Å²) in [5.74, 6) is -2.38. The number of aromatic carboxylic acids is 1. The van der Waals surface area contributed by atoms with Crippen LogP contribution in [-0.2, 0) is 6.54 Å². The molecule has 2 N–H and O–H groups in total. The number of nitro groups is 1. The molecule has 2 rings (SSSR count). The molecule has 0 saturated carbocycles. The average molecular weight is 311 g/mol. The second-order valence-electron chi connectivity index (χ2n) is 4.12. The third kappa shape index (κ3) is 3.31. The van der Waals surface area contributed by atoms with Crippen LogP contribution in [0.25, 0.3) is 0 Å². The Labute approximate surface area is 122 Å². The van der Waals surface area contributed by atoms with Crippen LogP contribution in [0.2, 0.25) is 0 Å². The minimum absolute atomic E-state index is 0.122. The summed E-state index contributed by atoms with van der Waals surface area (Å²) < 4.78 is 13.8. The van der Waals surface area contributed by atoms with Gasteiger partial charge in [-0.15, -0.1) is 11.3 Å². The lowest BCUT2D eigenvalue weighted by molar-refractivity contribution is -0.385. The summed E-state index contributed by atoms with van der Waals surface area (Å²) in [6.07, 6.45) is 0. The highest BCUT2D eigenvalue weighted by Crippen LogP contribution is 2.26. The number of hydrogen-bond donors (Lipinski definition) is 2. The van der Waals surface area contributed by atoms with Gasteiger partial charge in [0.2, 0.25) is 0 Å². The molecule has 110 valence electrons. The first-order valence-corrected chi connectivity index (χ1v) is 6.62. The van der Waals surface area contributed by atoms with Gasteiger partial charge >= 0.3 is 5.97 Å². The van der Waals surface area contributed by atoms with Crippen molar-refractivity contribution in [1.29, 1.82) is 0 Å². The lowest BCUT2D eigenvalue weighted by atomic mass is 10.1. The molecule has 0 aliphatic rings. The number of nitrogens with one attached hydrogen (secondary N) is 1. The van der Waals surface area contributed by atoms with Gasteiger partial charge in [0.05, 0.1) is 33.9 Å². The Morgan fingerprint density at radius 2 is 2.29 bits per heavy atom. The highest BCUT2D eigenvalue weighted by molar-refractivity contribution is 7.09. The van der Waals surface area contributed by atoms with E-state index in [2.05, 4.69) is 10.3 Å². The fourth-order valence-electron chi connectivity index (χ4n) is 1.70. The monoisotopic (exact) mass is 311 g/mol. The minimum atomic E-state index is -1.49. The number of hydrogen-bond acceptors (Lipinski definition) is 6. The maximum atomic E-state index is 13.8. The number of rotatable bonds is 5. The van der Waals surface area contributed by atoms with Crippen LogP contribution < -0.4 is 5.32 Å². The molecular weight excluding hydrogens is 301 g/mol. The summed E-state index contributed by atoms with van der Waals surface area (Å²) in [4.78, 5) is 25.0. The molecule has 0 aliphatic heterocycles. The molecule has 1 aromatic carbocycles. The molecule has 0 bridgehead atoms. The largest absolute Gasteiger partial charge is 0.477 e. The number of aromatic nitrogens is 1. The first kappa shape index (κ1) is 14.9. The highest BCUT2D eigenvalue weighted by atomic mass is 32.1. The van der Waals surface area contributed by atoms with E-state index in [1.165, 1.54) is 11.3 Å². The number of thiazole rings is 1. The number of aryl methyl sites for hydroxylation is 1. The molecule has 0 spiro atoms. The van der Waals surface area contributed by atoms with E-state index in [1.807, 2.05) is 6.92 Å². The second-order valence-corrected chi connectivity index (χ2v) is 5.19. The van der Waals surface area contributed by atoms with E-state index in [0.717, 1.165) is 11.1 Å². The fraction of sp³-hybridized carbons (Fsp3) is 0.167. The second kappa shape index (κ2) is 5.83. The SMILES string of the molecule is Cc1nc(CNc2cc(C(=O)O)c([N+](=O)[O-])cc2F)cs1. The van der Waals surface area contributed by atoms with E-state index < -0.39 is 28.0 Å². The number of anilines is 1. The fourth-order valence-corrected chi connectivity index (χ4v) is 2.31. The van der Waals surface area contributed by atoms with E-state index in [-0.39, 0.29) is 12.2 Å². The third-order valence-electron chi connectivity index (χ3n) is 2.64. The molecule has 1 heterocycles. The standard InChI is InChI=1S/C12H10FN3O4S/c1-6-15-7(5-21-6)4-14-10-2-8(12(17)18)11(16(19)20)3-9(10)13/h2-3,5,14H,4H2,1H3,(H,17,18). The van der Waals surface area contributed by atoms with Crippen LogP contribution in [0.5, 0.6) is 0 Å². The Balaban J connectivity index is 2.29. The summed E-state index contributed by atoms with van der Waals surface area (Å²) >= 11 is 1.43. The zero-order valence-electron chi connectivity index (χ0n) is 10.8. The van der Waals surface area contributed by atoms with Crippen LogP contribution in [0.4, 0.5) is 15.8 Å². The van der Waals surface area contributed by atoms with Gasteiger partial charge in [0, 0.05) is 5.38 Å². The van der Waals surface area contributed by atoms with Crippen molar-refractivity contribution in [2.24, 2.45) is 0 Å². The van der Waals surface area contributed by atoms with Crippen molar-refractivity contribution < 1.29 is 19.2 Å². The van der Waals surface area contributed by atoms with Crippen LogP contribution in [0, 0.1) is 22.9 Å². The molecule has 0 unspecified atom stereocenters. The third-order valence-corrected chi connectivity index (χ3v) is 3.46. The van der Waals surface area contributed by atoms with Gasteiger partial charge in [-0.05, 0) is 13.0 Å². The molecule has 2 aromatic rings. The Morgan fingerprint density at radius 3 is 2.81 bits per heavy atom. The molecule has 21 heavy (non-hydrogen) atoms. The summed E-state index contributed by atoms with van der Waals surface area (Å²) in [7, 11) is 0. The van der Waals surface area contributed by atoms with Gasteiger partial charge in [-0.1, -0.05) is 0 Å². The zero-order valence-corrected chi connectivity index (χ0v) is 11.6. The average Bonchev–Trinajstić information content (AvgIpc) is 2.82. The van der Waals surface area contributed by atoms with Crippen molar-refractivity contribution in [1.82, 2.24) is 4.98 Å². The van der Waals surface area contributed by atoms with Crippen molar-refractivity contribution in [3.05, 3.63) is 49.7 Å². The van der Waals surface area contributed by atoms with Gasteiger partial charge in [-0.25, -0.2) is 14.2 Å². The molecule has 0 saturated heterocycles. The van der Waals surface area contributed by atoms with Gasteiger partial charge in [0.25, 0.3) is 5.69 Å². The molecule has 0 fully saturated rings. The van der Waals surface area contributed by atoms with E-state index in [4.69, 9.17) is 5.11 Å². The van der Waals surface area contributed by atoms with Gasteiger partial charge in [-0.3, -0.25) is 10.1 Å². The lowest BCUT2D eigenvalue weighted by Gasteiger charge is -2.07. The van der Waals surface area contributed by atoms with Crippen LogP contribution in [-0.4, -0.2) is 21.0 Å². The zero-order chi connectivity index (χ0) is 15.6. The molecule has 0 radical (unpaired) electrons. The number of benzene rings is 1. The van der Waals surface area contributed by atoms with Crippen LogP contribution in [0.3, 0.4) is 0 Å². The number of nitrogens with zero attached hydrogens (tertiary/aromatic N) is 2. The quantitative estimate of drug-likeness (QED) is 0.649. The smallest absolute Gasteiger partial charge is 0.342 e. The predicted molar refractivity (Wildman–Crippen MR) is 74.2 cm³/mol. The first-order chi connectivity index (χ1) is 9.88. The topological polar surface area (TPSA) is 105 Å². The number of nitro benzene ring substituents is 1. The summed E-state index contributed by atoms with van der Waals surface area (Å²) in [6.45, 7) is 2.02. The van der Waals surface area contributed by atoms with E-state index in [0.29, 0.717) is 11.8 Å². The minimum Gasteiger partial charge on any atom is -0.477 e. The van der Waals surface area contributed by atoms with E-state index >= 15 is 0 Å². The van der Waals surface area contributed by atoms with Gasteiger partial charge in [-0.2, -0.15) is 0 Å². The summed E-state index contributed by atoms with van der Waals surface area (Å²) in [5, 5.41) is 25.0. The Bertz CT molecular complexity index is 717. The molecule has 0 aliphatic carbocycles. The van der Waals surface area contributed by atoms with Crippen molar-refractivity contribution in [3.8, 4) is 0 Å². The van der Waals surface area contributed by atoms with Crippen LogP contribution >= 0.6 is 11.3 Å². The predicted octanol–water partition coefficient (Wildman–Crippen LogP) is 2.81. The summed E-state index contributed by atoms with van der Waals surface area (Å²) in [5.41, 5.74) is -0.802. The maximum Gasteiger partial charge on any atom is 0.342 e. The Morgan fingerprint density at radius 1 is 1.57 bits per heavy atom. The van der Waals surface area contributed by atoms with E-state index in [9.17, 15) is 19.3 Å². The number of carboxylic acid groups (broad SMARTS) is 1. The Kier molecular flexibility index (Phi) is 4.13. The molecule has 1 aromatic heterocycles. The van der Waals surface area contributed by atoms with Crippen LogP contribution in [0.15, 0.2) is 17.5 Å². The molecular formula is C12H10FN3O4S. The molecule has 7 nitrogen and oxygen atoms in total. The van der Waals surface area contributed by atoms with Crippen molar-refractivity contribution in [3.63, 3.8) is 0 Å². The molecule has 9 heteroatoms. The van der Waals surface area contributed by atoms with Gasteiger partial charge < -0.3 is 10.4 Å². The lowest BCUT2D eigenvalue weighted by Crippen LogP contribution is -2.07. The molecule has 0 atom stereocenters. The summed E-state index contributed by atoms with van der Waals surface area (Å²) in [6, 6.07) is 1.51. The maximum absolute atomic E-state index is 13.8. The number of halogens is 1. The van der Waals surface area contributed by atoms with Gasteiger partial charge in [0.1, 0.15) is 5.56 Å². The van der Waals surface area contributed by atoms with E-state index in [1.54, 1.807) is 5.38 Å².